The molecule has 0 N–H and O–H groups in total. The molecule has 9 heteroatoms. The largest absolute Gasteiger partial charge is 0.308 e. The second-order valence-corrected chi connectivity index (χ2v) is 11.2. The Balaban J connectivity index is 1.66. The van der Waals surface area contributed by atoms with Crippen LogP contribution in [0.1, 0.15) is 18.4 Å². The van der Waals surface area contributed by atoms with Gasteiger partial charge in [-0.15, -0.1) is 0 Å². The monoisotopic (exact) mass is 472 g/mol. The number of fused-ring (bicyclic) bond motifs is 1. The zero-order chi connectivity index (χ0) is 22.9. The molecular weight excluding hydrogens is 444 g/mol. The lowest BCUT2D eigenvalue weighted by Gasteiger charge is -2.29. The zero-order valence-corrected chi connectivity index (χ0v) is 20.2. The van der Waals surface area contributed by atoms with Crippen LogP contribution in [0, 0.1) is 6.92 Å². The lowest BCUT2D eigenvalue weighted by molar-refractivity contribution is -0.121. The maximum Gasteiger partial charge on any atom is 0.247 e. The Morgan fingerprint density at radius 1 is 1.12 bits per heavy atom. The molecule has 1 aromatic heterocycles. The van der Waals surface area contributed by atoms with Crippen molar-refractivity contribution in [2.45, 2.75) is 30.7 Å². The van der Waals surface area contributed by atoms with Crippen molar-refractivity contribution in [2.24, 2.45) is 0 Å². The van der Waals surface area contributed by atoms with Crippen LogP contribution in [0.5, 0.6) is 0 Å². The molecular formula is C23H28N4O3S2. The molecule has 0 aliphatic carbocycles. The molecule has 1 amide bonds. The quantitative estimate of drug-likeness (QED) is 0.527. The number of carbonyl (C=O) groups excluding carboxylic acids is 1. The maximum absolute atomic E-state index is 13.7. The van der Waals surface area contributed by atoms with Gasteiger partial charge >= 0.3 is 0 Å². The fourth-order valence-electron chi connectivity index (χ4n) is 3.88. The van der Waals surface area contributed by atoms with Crippen LogP contribution in [-0.4, -0.2) is 68.3 Å². The molecule has 3 aromatic rings. The van der Waals surface area contributed by atoms with Crippen LogP contribution in [0.25, 0.3) is 10.2 Å². The highest BCUT2D eigenvalue weighted by molar-refractivity contribution is 7.89. The molecule has 1 atom stereocenters. The molecule has 1 fully saturated rings. The van der Waals surface area contributed by atoms with E-state index < -0.39 is 16.1 Å². The second kappa shape index (κ2) is 9.27. The summed E-state index contributed by atoms with van der Waals surface area (Å²) in [5.74, 6) is -0.209. The molecule has 0 saturated carbocycles. The summed E-state index contributed by atoms with van der Waals surface area (Å²) in [6.07, 6.45) is 1.16. The van der Waals surface area contributed by atoms with E-state index >= 15 is 0 Å². The Morgan fingerprint density at radius 2 is 1.84 bits per heavy atom. The molecule has 7 nitrogen and oxygen atoms in total. The Kier molecular flexibility index (Phi) is 6.62. The number of hydrogen-bond acceptors (Lipinski definition) is 6. The lowest BCUT2D eigenvalue weighted by atomic mass is 10.2. The van der Waals surface area contributed by atoms with Crippen molar-refractivity contribution in [3.63, 3.8) is 0 Å². The number of carbonyl (C=O) groups is 1. The molecule has 32 heavy (non-hydrogen) atoms. The minimum Gasteiger partial charge on any atom is -0.308 e. The van der Waals surface area contributed by atoms with E-state index in [4.69, 9.17) is 0 Å². The van der Waals surface area contributed by atoms with Gasteiger partial charge in [-0.05, 0) is 58.1 Å². The highest BCUT2D eigenvalue weighted by Gasteiger charge is 2.42. The summed E-state index contributed by atoms with van der Waals surface area (Å²) in [5.41, 5.74) is 1.83. The van der Waals surface area contributed by atoms with Gasteiger partial charge in [-0.25, -0.2) is 13.4 Å². The third kappa shape index (κ3) is 4.56. The number of anilines is 1. The van der Waals surface area contributed by atoms with E-state index in [0.29, 0.717) is 37.6 Å². The average molecular weight is 473 g/mol. The Hall–Kier alpha value is -2.33. The third-order valence-corrected chi connectivity index (χ3v) is 8.65. The van der Waals surface area contributed by atoms with Gasteiger partial charge in [-0.3, -0.25) is 9.69 Å². The van der Waals surface area contributed by atoms with Crippen LogP contribution in [-0.2, 0) is 14.8 Å². The number of nitrogens with zero attached hydrogens (tertiary/aromatic N) is 4. The summed E-state index contributed by atoms with van der Waals surface area (Å²) < 4.78 is 29.1. The molecule has 170 valence electrons. The van der Waals surface area contributed by atoms with Gasteiger partial charge in [0.15, 0.2) is 5.13 Å². The summed E-state index contributed by atoms with van der Waals surface area (Å²) in [4.78, 5) is 22.3. The van der Waals surface area contributed by atoms with Gasteiger partial charge in [0.2, 0.25) is 15.9 Å². The molecule has 0 radical (unpaired) electrons. The average Bonchev–Trinajstić information content (AvgIpc) is 3.41. The van der Waals surface area contributed by atoms with E-state index in [1.54, 1.807) is 29.2 Å². The second-order valence-electron chi connectivity index (χ2n) is 8.34. The van der Waals surface area contributed by atoms with Crippen molar-refractivity contribution in [1.82, 2.24) is 14.2 Å². The summed E-state index contributed by atoms with van der Waals surface area (Å²) in [6, 6.07) is 13.8. The molecule has 4 rings (SSSR count). The first-order chi connectivity index (χ1) is 15.3. The van der Waals surface area contributed by atoms with E-state index in [9.17, 15) is 13.2 Å². The Bertz CT molecular complexity index is 1170. The van der Waals surface area contributed by atoms with Gasteiger partial charge in [0.1, 0.15) is 6.04 Å². The number of rotatable bonds is 7. The Labute approximate surface area is 193 Å². The van der Waals surface area contributed by atoms with Crippen molar-refractivity contribution in [3.8, 4) is 0 Å². The highest BCUT2D eigenvalue weighted by atomic mass is 32.2. The summed E-state index contributed by atoms with van der Waals surface area (Å²) >= 11 is 1.46. The third-order valence-electron chi connectivity index (χ3n) is 5.67. The number of hydrogen-bond donors (Lipinski definition) is 0. The van der Waals surface area contributed by atoms with Crippen LogP contribution >= 0.6 is 11.3 Å². The van der Waals surface area contributed by atoms with Crippen LogP contribution in [0.3, 0.4) is 0 Å². The number of likely N-dealkylation sites (N-methyl/N-ethyl adjacent to an activating group) is 1. The first kappa shape index (κ1) is 22.8. The smallest absolute Gasteiger partial charge is 0.247 e. The van der Waals surface area contributed by atoms with E-state index in [-0.39, 0.29) is 10.8 Å². The minimum atomic E-state index is -3.76. The van der Waals surface area contributed by atoms with Gasteiger partial charge in [0.25, 0.3) is 0 Å². The summed E-state index contributed by atoms with van der Waals surface area (Å²) in [5, 5.41) is 0.609. The first-order valence-corrected chi connectivity index (χ1v) is 12.9. The van der Waals surface area contributed by atoms with Gasteiger partial charge in [-0.2, -0.15) is 4.31 Å². The molecule has 1 saturated heterocycles. The molecule has 0 bridgehead atoms. The standard InChI is InChI=1S/C23H28N4O3S2/c1-17-10-12-18(13-11-17)32(29,30)27-14-6-8-20(27)22(28)26(16-15-25(2)3)23-24-19-7-4-5-9-21(19)31-23/h4-5,7,9-13,20H,6,8,14-16H2,1-3H3. The van der Waals surface area contributed by atoms with Crippen molar-refractivity contribution in [3.05, 3.63) is 54.1 Å². The first-order valence-electron chi connectivity index (χ1n) is 10.7. The Morgan fingerprint density at radius 3 is 2.53 bits per heavy atom. The van der Waals surface area contributed by atoms with Crippen molar-refractivity contribution in [1.29, 1.82) is 0 Å². The van der Waals surface area contributed by atoms with Crippen LogP contribution in [0.15, 0.2) is 53.4 Å². The minimum absolute atomic E-state index is 0.209. The van der Waals surface area contributed by atoms with Crippen molar-refractivity contribution >= 4 is 42.6 Å². The van der Waals surface area contributed by atoms with Crippen molar-refractivity contribution in [2.75, 3.05) is 38.6 Å². The molecule has 1 unspecified atom stereocenters. The highest BCUT2D eigenvalue weighted by Crippen LogP contribution is 2.32. The van der Waals surface area contributed by atoms with Gasteiger partial charge in [0, 0.05) is 19.6 Å². The molecule has 2 aromatic carbocycles. The van der Waals surface area contributed by atoms with Gasteiger partial charge in [0.05, 0.1) is 15.1 Å². The number of amides is 1. The summed E-state index contributed by atoms with van der Waals surface area (Å²) in [6.45, 7) is 3.35. The van der Waals surface area contributed by atoms with Gasteiger partial charge in [-0.1, -0.05) is 41.2 Å². The predicted molar refractivity (Wildman–Crippen MR) is 129 cm³/mol. The molecule has 1 aliphatic heterocycles. The number of aryl methyl sites for hydroxylation is 1. The van der Waals surface area contributed by atoms with Crippen LogP contribution in [0.2, 0.25) is 0 Å². The van der Waals surface area contributed by atoms with Crippen LogP contribution < -0.4 is 4.90 Å². The molecule has 1 aliphatic rings. The maximum atomic E-state index is 13.7. The van der Waals surface area contributed by atoms with E-state index in [0.717, 1.165) is 15.8 Å². The molecule has 0 spiro atoms. The SMILES string of the molecule is Cc1ccc(S(=O)(=O)N2CCCC2C(=O)N(CCN(C)C)c2nc3ccccc3s2)cc1. The van der Waals surface area contributed by atoms with Crippen molar-refractivity contribution < 1.29 is 13.2 Å². The topological polar surface area (TPSA) is 73.8 Å². The number of sulfonamides is 1. The number of para-hydroxylation sites is 1. The van der Waals surface area contributed by atoms with Gasteiger partial charge < -0.3 is 4.90 Å². The number of thiazole rings is 1. The lowest BCUT2D eigenvalue weighted by Crippen LogP contribution is -2.49. The molecule has 2 heterocycles. The number of aromatic nitrogens is 1. The normalized spacial score (nSPS) is 17.3. The fraction of sp³-hybridized carbons (Fsp3) is 0.391. The van der Waals surface area contributed by atoms with E-state index in [1.807, 2.05) is 50.2 Å². The number of benzene rings is 2. The van der Waals surface area contributed by atoms with Crippen LogP contribution in [0.4, 0.5) is 5.13 Å². The zero-order valence-electron chi connectivity index (χ0n) is 18.6. The fourth-order valence-corrected chi connectivity index (χ4v) is 6.52. The van der Waals surface area contributed by atoms with E-state index in [2.05, 4.69) is 4.98 Å². The summed E-state index contributed by atoms with van der Waals surface area (Å²) in [7, 11) is 0.135. The van der Waals surface area contributed by atoms with E-state index in [1.165, 1.54) is 15.6 Å². The predicted octanol–water partition coefficient (Wildman–Crippen LogP) is 3.35.